The van der Waals surface area contributed by atoms with Crippen molar-refractivity contribution in [3.8, 4) is 33.6 Å². The van der Waals surface area contributed by atoms with Crippen LogP contribution in [0.2, 0.25) is 0 Å². The fourth-order valence-electron chi connectivity index (χ4n) is 8.28. The van der Waals surface area contributed by atoms with E-state index in [0.717, 1.165) is 0 Å². The van der Waals surface area contributed by atoms with Gasteiger partial charge in [-0.2, -0.15) is 0 Å². The molecule has 222 valence electrons. The molecule has 0 spiro atoms. The molecule has 9 aromatic rings. The zero-order chi connectivity index (χ0) is 31.3. The van der Waals surface area contributed by atoms with E-state index in [4.69, 9.17) is 0 Å². The van der Waals surface area contributed by atoms with Crippen LogP contribution < -0.4 is 0 Å². The summed E-state index contributed by atoms with van der Waals surface area (Å²) in [5.74, 6) is 0. The maximum Gasteiger partial charge on any atom is 0.0547 e. The maximum atomic E-state index is 2.46. The minimum atomic E-state index is -0.0146. The van der Waals surface area contributed by atoms with Crippen molar-refractivity contribution in [2.24, 2.45) is 0 Å². The maximum absolute atomic E-state index is 2.46. The standard InChI is InChI=1S/C45H32N2/c1-45(2)39-17-9-6-14-33(39)38-28-32(22-25-40(38)45)47-42-19-11-8-16-35(42)37-24-21-30(27-44(37)47)29-20-23-36-34-15-7-10-18-41(34)46(43(36)26-29)31-12-4-3-5-13-31/h3-28H,1-2H3. The molecule has 10 rings (SSSR count). The van der Waals surface area contributed by atoms with E-state index in [1.165, 1.54) is 88.4 Å². The molecule has 2 aromatic heterocycles. The Morgan fingerprint density at radius 2 is 0.872 bits per heavy atom. The van der Waals surface area contributed by atoms with Gasteiger partial charge in [-0.1, -0.05) is 123 Å². The van der Waals surface area contributed by atoms with Crippen LogP contribution in [0.4, 0.5) is 0 Å². The highest BCUT2D eigenvalue weighted by atomic mass is 15.0. The highest BCUT2D eigenvalue weighted by Crippen LogP contribution is 2.49. The molecule has 0 saturated carbocycles. The Hall–Kier alpha value is -5.86. The number of hydrogen-bond acceptors (Lipinski definition) is 0. The molecule has 0 bridgehead atoms. The Bertz CT molecular complexity index is 2700. The van der Waals surface area contributed by atoms with Crippen LogP contribution in [0.3, 0.4) is 0 Å². The lowest BCUT2D eigenvalue weighted by Gasteiger charge is -2.21. The summed E-state index contributed by atoms with van der Waals surface area (Å²) in [6.07, 6.45) is 0. The summed E-state index contributed by atoms with van der Waals surface area (Å²) in [7, 11) is 0. The molecular formula is C45H32N2. The van der Waals surface area contributed by atoms with Crippen molar-refractivity contribution in [2.75, 3.05) is 0 Å². The summed E-state index contributed by atoms with van der Waals surface area (Å²) in [6.45, 7) is 4.69. The van der Waals surface area contributed by atoms with Gasteiger partial charge in [0, 0.05) is 38.3 Å². The van der Waals surface area contributed by atoms with Crippen LogP contribution in [0.25, 0.3) is 77.2 Å². The van der Waals surface area contributed by atoms with E-state index in [1.807, 2.05) is 0 Å². The third-order valence-electron chi connectivity index (χ3n) is 10.5. The first-order chi connectivity index (χ1) is 23.1. The molecule has 1 aliphatic rings. The van der Waals surface area contributed by atoms with Gasteiger partial charge in [0.15, 0.2) is 0 Å². The van der Waals surface area contributed by atoms with Crippen molar-refractivity contribution in [3.63, 3.8) is 0 Å². The number of aromatic nitrogens is 2. The third-order valence-corrected chi connectivity index (χ3v) is 10.5. The largest absolute Gasteiger partial charge is 0.309 e. The Kier molecular flexibility index (Phi) is 5.37. The zero-order valence-electron chi connectivity index (χ0n) is 26.4. The van der Waals surface area contributed by atoms with Crippen LogP contribution in [0, 0.1) is 0 Å². The quantitative estimate of drug-likeness (QED) is 0.191. The average molecular weight is 601 g/mol. The van der Waals surface area contributed by atoms with E-state index < -0.39 is 0 Å². The molecule has 0 amide bonds. The molecule has 0 saturated heterocycles. The van der Waals surface area contributed by atoms with Crippen LogP contribution in [0.15, 0.2) is 158 Å². The summed E-state index contributed by atoms with van der Waals surface area (Å²) in [6, 6.07) is 58.1. The van der Waals surface area contributed by atoms with Gasteiger partial charge >= 0.3 is 0 Å². The van der Waals surface area contributed by atoms with Gasteiger partial charge in [-0.05, 0) is 81.9 Å². The first-order valence-corrected chi connectivity index (χ1v) is 16.4. The summed E-state index contributed by atoms with van der Waals surface area (Å²) in [5, 5.41) is 5.08. The molecule has 0 N–H and O–H groups in total. The molecule has 0 unspecified atom stereocenters. The Labute approximate surface area is 273 Å². The van der Waals surface area contributed by atoms with Gasteiger partial charge in [0.05, 0.1) is 22.1 Å². The molecule has 2 heterocycles. The minimum Gasteiger partial charge on any atom is -0.309 e. The van der Waals surface area contributed by atoms with Crippen molar-refractivity contribution in [1.29, 1.82) is 0 Å². The minimum absolute atomic E-state index is 0.0146. The number of hydrogen-bond donors (Lipinski definition) is 0. The monoisotopic (exact) mass is 600 g/mol. The second-order valence-electron chi connectivity index (χ2n) is 13.4. The van der Waals surface area contributed by atoms with Crippen LogP contribution in [-0.4, -0.2) is 9.13 Å². The summed E-state index contributed by atoms with van der Waals surface area (Å²) in [5.41, 5.74) is 15.1. The summed E-state index contributed by atoms with van der Waals surface area (Å²) < 4.78 is 4.86. The average Bonchev–Trinajstić information content (AvgIpc) is 3.71. The van der Waals surface area contributed by atoms with E-state index in [0.29, 0.717) is 0 Å². The molecule has 0 atom stereocenters. The molecule has 1 aliphatic carbocycles. The van der Waals surface area contributed by atoms with Crippen molar-refractivity contribution >= 4 is 43.6 Å². The smallest absolute Gasteiger partial charge is 0.0547 e. The number of para-hydroxylation sites is 3. The molecule has 0 fully saturated rings. The lowest BCUT2D eigenvalue weighted by molar-refractivity contribution is 0.660. The zero-order valence-corrected chi connectivity index (χ0v) is 26.4. The van der Waals surface area contributed by atoms with Crippen LogP contribution in [-0.2, 0) is 5.41 Å². The lowest BCUT2D eigenvalue weighted by atomic mass is 9.82. The van der Waals surface area contributed by atoms with Crippen LogP contribution in [0.1, 0.15) is 25.0 Å². The van der Waals surface area contributed by atoms with Gasteiger partial charge in [0.25, 0.3) is 0 Å². The van der Waals surface area contributed by atoms with Gasteiger partial charge < -0.3 is 9.13 Å². The number of rotatable bonds is 3. The van der Waals surface area contributed by atoms with Gasteiger partial charge in [0.2, 0.25) is 0 Å². The second kappa shape index (κ2) is 9.57. The van der Waals surface area contributed by atoms with Gasteiger partial charge in [-0.15, -0.1) is 0 Å². The number of benzene rings is 7. The Morgan fingerprint density at radius 1 is 0.362 bits per heavy atom. The Morgan fingerprint density at radius 3 is 1.53 bits per heavy atom. The molecular weight excluding hydrogens is 569 g/mol. The fraction of sp³-hybridized carbons (Fsp3) is 0.0667. The molecule has 0 radical (unpaired) electrons. The van der Waals surface area contributed by atoms with E-state index in [9.17, 15) is 0 Å². The van der Waals surface area contributed by atoms with Crippen molar-refractivity contribution in [1.82, 2.24) is 9.13 Å². The first kappa shape index (κ1) is 26.4. The topological polar surface area (TPSA) is 9.86 Å². The Balaban J connectivity index is 1.20. The molecule has 0 aliphatic heterocycles. The molecule has 47 heavy (non-hydrogen) atoms. The number of fused-ring (bicyclic) bond motifs is 9. The van der Waals surface area contributed by atoms with Crippen LogP contribution in [0.5, 0.6) is 0 Å². The first-order valence-electron chi connectivity index (χ1n) is 16.4. The fourth-order valence-corrected chi connectivity index (χ4v) is 8.28. The second-order valence-corrected chi connectivity index (χ2v) is 13.4. The summed E-state index contributed by atoms with van der Waals surface area (Å²) in [4.78, 5) is 0. The predicted octanol–water partition coefficient (Wildman–Crippen LogP) is 11.9. The van der Waals surface area contributed by atoms with E-state index in [2.05, 4.69) is 181 Å². The molecule has 2 heteroatoms. The number of nitrogens with zero attached hydrogens (tertiary/aromatic N) is 2. The van der Waals surface area contributed by atoms with Gasteiger partial charge in [-0.3, -0.25) is 0 Å². The third kappa shape index (κ3) is 3.67. The van der Waals surface area contributed by atoms with Crippen molar-refractivity contribution in [2.45, 2.75) is 19.3 Å². The van der Waals surface area contributed by atoms with Crippen molar-refractivity contribution < 1.29 is 0 Å². The predicted molar refractivity (Wildman–Crippen MR) is 198 cm³/mol. The van der Waals surface area contributed by atoms with E-state index in [1.54, 1.807) is 0 Å². The SMILES string of the molecule is CC1(C)c2ccccc2-c2cc(-n3c4ccccc4c4ccc(-c5ccc6c7ccccc7n(-c7ccccc7)c6c5)cc43)ccc21. The normalized spacial score (nSPS) is 13.5. The lowest BCUT2D eigenvalue weighted by Crippen LogP contribution is -2.14. The van der Waals surface area contributed by atoms with Gasteiger partial charge in [-0.25, -0.2) is 0 Å². The van der Waals surface area contributed by atoms with E-state index in [-0.39, 0.29) is 5.41 Å². The summed E-state index contributed by atoms with van der Waals surface area (Å²) >= 11 is 0. The van der Waals surface area contributed by atoms with Crippen LogP contribution >= 0.6 is 0 Å². The van der Waals surface area contributed by atoms with E-state index >= 15 is 0 Å². The highest BCUT2D eigenvalue weighted by molar-refractivity contribution is 6.12. The molecule has 2 nitrogen and oxygen atoms in total. The highest BCUT2D eigenvalue weighted by Gasteiger charge is 2.35. The molecule has 7 aromatic carbocycles. The van der Waals surface area contributed by atoms with Gasteiger partial charge in [0.1, 0.15) is 0 Å². The van der Waals surface area contributed by atoms with Crippen molar-refractivity contribution in [3.05, 3.63) is 169 Å².